The number of hydrogen-bond acceptors (Lipinski definition) is 4. The van der Waals surface area contributed by atoms with Gasteiger partial charge in [0, 0.05) is 30.6 Å². The summed E-state index contributed by atoms with van der Waals surface area (Å²) in [5, 5.41) is 2.96. The molecular weight excluding hydrogens is 416 g/mol. The number of rotatable bonds is 10. The number of aromatic nitrogens is 2. The molecule has 1 N–H and O–H groups in total. The van der Waals surface area contributed by atoms with Crippen molar-refractivity contribution >= 4 is 22.8 Å². The molecule has 0 aliphatic rings. The van der Waals surface area contributed by atoms with Crippen LogP contribution in [-0.4, -0.2) is 52.0 Å². The lowest BCUT2D eigenvalue weighted by Crippen LogP contribution is -2.43. The highest BCUT2D eigenvalue weighted by Crippen LogP contribution is 2.19. The van der Waals surface area contributed by atoms with Gasteiger partial charge >= 0.3 is 0 Å². The summed E-state index contributed by atoms with van der Waals surface area (Å²) < 4.78 is 7.20. The van der Waals surface area contributed by atoms with Gasteiger partial charge in [-0.05, 0) is 64.4 Å². The Hall–Kier alpha value is -3.35. The van der Waals surface area contributed by atoms with Crippen LogP contribution in [0.3, 0.4) is 0 Å². The monoisotopic (exact) mass is 450 g/mol. The number of methoxy groups -OCH3 is 1. The molecule has 7 nitrogen and oxygen atoms in total. The van der Waals surface area contributed by atoms with Crippen LogP contribution in [0, 0.1) is 0 Å². The number of hydrogen-bond donors (Lipinski definition) is 1. The van der Waals surface area contributed by atoms with E-state index in [0.29, 0.717) is 30.7 Å². The first-order chi connectivity index (χ1) is 15.8. The summed E-state index contributed by atoms with van der Waals surface area (Å²) in [5.74, 6) is 1.45. The van der Waals surface area contributed by atoms with Crippen molar-refractivity contribution in [3.8, 4) is 5.75 Å². The number of benzene rings is 2. The van der Waals surface area contributed by atoms with E-state index in [0.717, 1.165) is 16.9 Å². The predicted octanol–water partition coefficient (Wildman–Crippen LogP) is 4.05. The molecule has 0 saturated heterocycles. The molecular formula is C26H34N4O3. The van der Waals surface area contributed by atoms with Crippen molar-refractivity contribution in [1.29, 1.82) is 0 Å². The van der Waals surface area contributed by atoms with Gasteiger partial charge in [-0.15, -0.1) is 0 Å². The summed E-state index contributed by atoms with van der Waals surface area (Å²) in [6.07, 6.45) is 1.37. The Balaban J connectivity index is 1.69. The van der Waals surface area contributed by atoms with Crippen molar-refractivity contribution in [2.75, 3.05) is 13.7 Å². The van der Waals surface area contributed by atoms with Gasteiger partial charge in [-0.1, -0.05) is 18.2 Å². The zero-order chi connectivity index (χ0) is 24.0. The highest BCUT2D eigenvalue weighted by Gasteiger charge is 2.22. The van der Waals surface area contributed by atoms with Crippen molar-refractivity contribution in [3.05, 3.63) is 59.9 Å². The third-order valence-electron chi connectivity index (χ3n) is 5.62. The fourth-order valence-corrected chi connectivity index (χ4v) is 4.20. The zero-order valence-corrected chi connectivity index (χ0v) is 20.2. The van der Waals surface area contributed by atoms with Gasteiger partial charge in [0.15, 0.2) is 0 Å². The van der Waals surface area contributed by atoms with Crippen LogP contribution in [0.4, 0.5) is 0 Å². The van der Waals surface area contributed by atoms with Crippen LogP contribution in [0.2, 0.25) is 0 Å². The highest BCUT2D eigenvalue weighted by atomic mass is 16.5. The molecule has 0 bridgehead atoms. The van der Waals surface area contributed by atoms with Gasteiger partial charge in [0.05, 0.1) is 18.1 Å². The maximum Gasteiger partial charge on any atom is 0.251 e. The first kappa shape index (κ1) is 24.3. The second-order valence-corrected chi connectivity index (χ2v) is 8.68. The van der Waals surface area contributed by atoms with Crippen LogP contribution < -0.4 is 10.1 Å². The van der Waals surface area contributed by atoms with Crippen LogP contribution in [0.1, 0.15) is 50.3 Å². The number of nitrogens with zero attached hydrogens (tertiary/aromatic N) is 3. The molecule has 2 amide bonds. The molecule has 0 aliphatic heterocycles. The summed E-state index contributed by atoms with van der Waals surface area (Å²) in [6, 6.07) is 15.2. The lowest BCUT2D eigenvalue weighted by molar-refractivity contribution is -0.135. The van der Waals surface area contributed by atoms with E-state index in [1.165, 1.54) is 0 Å². The molecule has 1 aromatic heterocycles. The van der Waals surface area contributed by atoms with Gasteiger partial charge in [0.1, 0.15) is 18.1 Å². The quantitative estimate of drug-likeness (QED) is 0.473. The lowest BCUT2D eigenvalue weighted by Gasteiger charge is -2.31. The number of carbonyl (C=O) groups excluding carboxylic acids is 2. The van der Waals surface area contributed by atoms with E-state index in [9.17, 15) is 9.59 Å². The third kappa shape index (κ3) is 5.92. The van der Waals surface area contributed by atoms with Crippen molar-refractivity contribution in [3.63, 3.8) is 0 Å². The molecule has 7 heteroatoms. The van der Waals surface area contributed by atoms with E-state index in [1.54, 1.807) is 25.3 Å². The fraction of sp³-hybridized carbons (Fsp3) is 0.423. The second-order valence-electron chi connectivity index (χ2n) is 8.68. The van der Waals surface area contributed by atoms with E-state index in [4.69, 9.17) is 9.72 Å². The molecule has 1 heterocycles. The molecule has 0 aliphatic carbocycles. The van der Waals surface area contributed by atoms with E-state index < -0.39 is 0 Å². The minimum absolute atomic E-state index is 0.0794. The Kier molecular flexibility index (Phi) is 8.09. The molecule has 176 valence electrons. The molecule has 33 heavy (non-hydrogen) atoms. The average molecular weight is 451 g/mol. The molecule has 0 spiro atoms. The van der Waals surface area contributed by atoms with E-state index in [-0.39, 0.29) is 30.4 Å². The predicted molar refractivity (Wildman–Crippen MR) is 130 cm³/mol. The molecule has 0 radical (unpaired) electrons. The van der Waals surface area contributed by atoms with Crippen molar-refractivity contribution in [2.24, 2.45) is 0 Å². The zero-order valence-electron chi connectivity index (χ0n) is 20.2. The highest BCUT2D eigenvalue weighted by molar-refractivity contribution is 5.94. The first-order valence-corrected chi connectivity index (χ1v) is 11.5. The number of imidazole rings is 1. The summed E-state index contributed by atoms with van der Waals surface area (Å²) in [5.41, 5.74) is 2.39. The van der Waals surface area contributed by atoms with Gasteiger partial charge in [0.2, 0.25) is 5.91 Å². The second kappa shape index (κ2) is 11.0. The van der Waals surface area contributed by atoms with Gasteiger partial charge in [-0.25, -0.2) is 4.98 Å². The maximum atomic E-state index is 13.1. The lowest BCUT2D eigenvalue weighted by atomic mass is 10.2. The summed E-state index contributed by atoms with van der Waals surface area (Å²) >= 11 is 0. The Bertz CT molecular complexity index is 1100. The van der Waals surface area contributed by atoms with Crippen LogP contribution in [0.15, 0.2) is 48.5 Å². The third-order valence-corrected chi connectivity index (χ3v) is 5.62. The minimum atomic E-state index is -0.137. The number of amides is 2. The smallest absolute Gasteiger partial charge is 0.251 e. The van der Waals surface area contributed by atoms with Crippen LogP contribution in [0.5, 0.6) is 5.75 Å². The fourth-order valence-electron chi connectivity index (χ4n) is 4.20. The molecule has 2 aromatic carbocycles. The topological polar surface area (TPSA) is 76.5 Å². The Labute approximate surface area is 195 Å². The van der Waals surface area contributed by atoms with E-state index >= 15 is 0 Å². The van der Waals surface area contributed by atoms with E-state index in [1.807, 2.05) is 67.5 Å². The number of nitrogens with one attached hydrogen (secondary N) is 1. The maximum absolute atomic E-state index is 13.1. The van der Waals surface area contributed by atoms with Crippen molar-refractivity contribution in [2.45, 2.75) is 59.2 Å². The van der Waals surface area contributed by atoms with Gasteiger partial charge < -0.3 is 19.5 Å². The van der Waals surface area contributed by atoms with E-state index in [2.05, 4.69) is 5.32 Å². The number of carbonyl (C=O) groups is 2. The molecule has 0 saturated carbocycles. The SMILES string of the molecule is COc1cccc(C(=O)NCCCc2nc3ccccc3n2CC(=O)N(C(C)C)C(C)C)c1. The summed E-state index contributed by atoms with van der Waals surface area (Å²) in [7, 11) is 1.58. The van der Waals surface area contributed by atoms with Gasteiger partial charge in [-0.3, -0.25) is 9.59 Å². The first-order valence-electron chi connectivity index (χ1n) is 11.5. The minimum Gasteiger partial charge on any atom is -0.497 e. The average Bonchev–Trinajstić information content (AvgIpc) is 3.13. The number of para-hydroxylation sites is 2. The Morgan fingerprint density at radius 1 is 1.06 bits per heavy atom. The van der Waals surface area contributed by atoms with Crippen molar-refractivity contribution < 1.29 is 14.3 Å². The Morgan fingerprint density at radius 2 is 1.79 bits per heavy atom. The van der Waals surface area contributed by atoms with Crippen LogP contribution >= 0.6 is 0 Å². The molecule has 0 atom stereocenters. The normalized spacial score (nSPS) is 11.2. The standard InChI is InChI=1S/C26H34N4O3/c1-18(2)30(19(3)4)25(31)17-29-23-13-7-6-12-22(23)28-24(29)14-9-15-27-26(32)20-10-8-11-21(16-20)33-5/h6-8,10-13,16,18-19H,9,14-15,17H2,1-5H3,(H,27,32). The van der Waals surface area contributed by atoms with Crippen LogP contribution in [-0.2, 0) is 17.8 Å². The number of fused-ring (bicyclic) bond motifs is 1. The molecule has 0 unspecified atom stereocenters. The summed E-state index contributed by atoms with van der Waals surface area (Å²) in [4.78, 5) is 32.3. The van der Waals surface area contributed by atoms with Gasteiger partial charge in [-0.2, -0.15) is 0 Å². The van der Waals surface area contributed by atoms with Crippen molar-refractivity contribution in [1.82, 2.24) is 19.8 Å². The van der Waals surface area contributed by atoms with Gasteiger partial charge in [0.25, 0.3) is 5.91 Å². The largest absolute Gasteiger partial charge is 0.497 e. The molecule has 3 rings (SSSR count). The number of aryl methyl sites for hydroxylation is 1. The molecule has 3 aromatic rings. The summed E-state index contributed by atoms with van der Waals surface area (Å²) in [6.45, 7) is 8.91. The van der Waals surface area contributed by atoms with Crippen LogP contribution in [0.25, 0.3) is 11.0 Å². The Morgan fingerprint density at radius 3 is 2.48 bits per heavy atom. The number of ether oxygens (including phenoxy) is 1. The molecule has 0 fully saturated rings.